The summed E-state index contributed by atoms with van der Waals surface area (Å²) < 4.78 is 26.3. The fourth-order valence-electron chi connectivity index (χ4n) is 1.52. The van der Waals surface area contributed by atoms with Gasteiger partial charge in [-0.1, -0.05) is 12.0 Å². The number of hydrogen-bond donors (Lipinski definition) is 1. The first-order valence-electron chi connectivity index (χ1n) is 4.92. The molecule has 0 aliphatic heterocycles. The van der Waals surface area contributed by atoms with Gasteiger partial charge in [0, 0.05) is 11.6 Å². The molecule has 1 N–H and O–H groups in total. The minimum absolute atomic E-state index is 0.0288. The normalized spacial score (nSPS) is 11.2. The summed E-state index contributed by atoms with van der Waals surface area (Å²) in [6.45, 7) is -0.0288. The molecule has 1 aromatic heterocycles. The SMILES string of the molecule is C#CCNS(=O)(=O)c1cccc2ncccc12. The molecule has 2 aromatic rings. The van der Waals surface area contributed by atoms with Crippen LogP contribution in [-0.2, 0) is 10.0 Å². The van der Waals surface area contributed by atoms with Gasteiger partial charge >= 0.3 is 0 Å². The Balaban J connectivity index is 2.60. The maximum absolute atomic E-state index is 12.0. The van der Waals surface area contributed by atoms with Gasteiger partial charge in [0.1, 0.15) is 0 Å². The molecule has 2 rings (SSSR count). The second kappa shape index (κ2) is 4.53. The van der Waals surface area contributed by atoms with Gasteiger partial charge in [0.25, 0.3) is 0 Å². The van der Waals surface area contributed by atoms with E-state index in [1.165, 1.54) is 6.07 Å². The van der Waals surface area contributed by atoms with Crippen molar-refractivity contribution in [2.24, 2.45) is 0 Å². The van der Waals surface area contributed by atoms with Crippen LogP contribution >= 0.6 is 0 Å². The van der Waals surface area contributed by atoms with E-state index in [4.69, 9.17) is 6.42 Å². The minimum atomic E-state index is -3.58. The highest BCUT2D eigenvalue weighted by atomic mass is 32.2. The Kier molecular flexibility index (Phi) is 3.09. The molecule has 0 saturated heterocycles. The fourth-order valence-corrected chi connectivity index (χ4v) is 2.67. The number of pyridine rings is 1. The molecule has 0 spiro atoms. The van der Waals surface area contributed by atoms with Gasteiger partial charge in [-0.25, -0.2) is 8.42 Å². The Morgan fingerprint density at radius 2 is 2.12 bits per heavy atom. The molecule has 0 atom stereocenters. The number of sulfonamides is 1. The topological polar surface area (TPSA) is 59.1 Å². The molecule has 86 valence electrons. The molecule has 1 aromatic carbocycles. The zero-order chi connectivity index (χ0) is 12.3. The van der Waals surface area contributed by atoms with Crippen molar-refractivity contribution in [3.63, 3.8) is 0 Å². The molecule has 0 bridgehead atoms. The molecule has 0 unspecified atom stereocenters. The fraction of sp³-hybridized carbons (Fsp3) is 0.0833. The number of benzene rings is 1. The van der Waals surface area contributed by atoms with Gasteiger partial charge in [-0.3, -0.25) is 4.98 Å². The molecule has 1 heterocycles. The van der Waals surface area contributed by atoms with Gasteiger partial charge in [-0.15, -0.1) is 6.42 Å². The summed E-state index contributed by atoms with van der Waals surface area (Å²) in [5.74, 6) is 2.24. The van der Waals surface area contributed by atoms with Gasteiger partial charge in [0.2, 0.25) is 10.0 Å². The molecule has 0 aliphatic carbocycles. The van der Waals surface area contributed by atoms with Gasteiger partial charge in [0.05, 0.1) is 17.0 Å². The van der Waals surface area contributed by atoms with Gasteiger partial charge in [-0.05, 0) is 24.3 Å². The van der Waals surface area contributed by atoms with Gasteiger partial charge in [0.15, 0.2) is 0 Å². The van der Waals surface area contributed by atoms with E-state index in [-0.39, 0.29) is 11.4 Å². The van der Waals surface area contributed by atoms with Crippen molar-refractivity contribution in [1.82, 2.24) is 9.71 Å². The maximum Gasteiger partial charge on any atom is 0.242 e. The van der Waals surface area contributed by atoms with Crippen LogP contribution in [0.5, 0.6) is 0 Å². The van der Waals surface area contributed by atoms with Crippen molar-refractivity contribution < 1.29 is 8.42 Å². The Labute approximate surface area is 99.7 Å². The molecule has 0 aliphatic rings. The minimum Gasteiger partial charge on any atom is -0.256 e. The number of terminal acetylenes is 1. The van der Waals surface area contributed by atoms with E-state index in [1.54, 1.807) is 30.5 Å². The lowest BCUT2D eigenvalue weighted by molar-refractivity contribution is 0.587. The lowest BCUT2D eigenvalue weighted by atomic mass is 10.2. The van der Waals surface area contributed by atoms with E-state index >= 15 is 0 Å². The zero-order valence-corrected chi connectivity index (χ0v) is 9.74. The molecule has 0 amide bonds. The third-order valence-electron chi connectivity index (χ3n) is 2.26. The number of fused-ring (bicyclic) bond motifs is 1. The molecule has 5 heteroatoms. The second-order valence-corrected chi connectivity index (χ2v) is 5.09. The lowest BCUT2D eigenvalue weighted by Crippen LogP contribution is -2.24. The molecule has 0 radical (unpaired) electrons. The predicted octanol–water partition coefficient (Wildman–Crippen LogP) is 1.15. The summed E-state index contributed by atoms with van der Waals surface area (Å²) in [6.07, 6.45) is 6.66. The van der Waals surface area contributed by atoms with Crippen molar-refractivity contribution in [3.8, 4) is 12.3 Å². The Morgan fingerprint density at radius 1 is 1.29 bits per heavy atom. The Morgan fingerprint density at radius 3 is 2.88 bits per heavy atom. The van der Waals surface area contributed by atoms with Crippen LogP contribution in [0.4, 0.5) is 0 Å². The van der Waals surface area contributed by atoms with Gasteiger partial charge < -0.3 is 0 Å². The molecule has 17 heavy (non-hydrogen) atoms. The zero-order valence-electron chi connectivity index (χ0n) is 8.92. The first-order valence-corrected chi connectivity index (χ1v) is 6.40. The smallest absolute Gasteiger partial charge is 0.242 e. The van der Waals surface area contributed by atoms with Crippen molar-refractivity contribution in [1.29, 1.82) is 0 Å². The molecule has 0 fully saturated rings. The summed E-state index contributed by atoms with van der Waals surface area (Å²) in [5, 5.41) is 0.583. The van der Waals surface area contributed by atoms with E-state index < -0.39 is 10.0 Å². The third kappa shape index (κ3) is 2.28. The standard InChI is InChI=1S/C12H10N2O2S/c1-2-8-14-17(15,16)12-7-3-6-11-10(12)5-4-9-13-11/h1,3-7,9,14H,8H2. The second-order valence-electron chi connectivity index (χ2n) is 3.35. The van der Waals surface area contributed by atoms with Crippen LogP contribution in [-0.4, -0.2) is 19.9 Å². The summed E-state index contributed by atoms with van der Waals surface area (Å²) in [6, 6.07) is 8.35. The average molecular weight is 246 g/mol. The first kappa shape index (κ1) is 11.6. The summed E-state index contributed by atoms with van der Waals surface area (Å²) in [4.78, 5) is 4.30. The van der Waals surface area contributed by atoms with Crippen LogP contribution in [0.15, 0.2) is 41.4 Å². The Bertz CT molecular complexity index is 682. The van der Waals surface area contributed by atoms with Gasteiger partial charge in [-0.2, -0.15) is 4.72 Å². The van der Waals surface area contributed by atoms with Crippen LogP contribution in [0, 0.1) is 12.3 Å². The number of nitrogens with one attached hydrogen (secondary N) is 1. The third-order valence-corrected chi connectivity index (χ3v) is 3.72. The quantitative estimate of drug-likeness (QED) is 0.826. The van der Waals surface area contributed by atoms with E-state index in [1.807, 2.05) is 0 Å². The number of rotatable bonds is 3. The van der Waals surface area contributed by atoms with E-state index in [2.05, 4.69) is 15.6 Å². The van der Waals surface area contributed by atoms with Crippen molar-refractivity contribution >= 4 is 20.9 Å². The van der Waals surface area contributed by atoms with Crippen LogP contribution in [0.3, 0.4) is 0 Å². The molecule has 0 saturated carbocycles. The first-order chi connectivity index (χ1) is 8.15. The van der Waals surface area contributed by atoms with Crippen LogP contribution < -0.4 is 4.72 Å². The van der Waals surface area contributed by atoms with Crippen LogP contribution in [0.25, 0.3) is 10.9 Å². The van der Waals surface area contributed by atoms with E-state index in [0.29, 0.717) is 10.9 Å². The highest BCUT2D eigenvalue weighted by molar-refractivity contribution is 7.89. The maximum atomic E-state index is 12.0. The monoisotopic (exact) mass is 246 g/mol. The summed E-state index contributed by atoms with van der Waals surface area (Å²) >= 11 is 0. The van der Waals surface area contributed by atoms with Crippen molar-refractivity contribution in [2.45, 2.75) is 4.90 Å². The summed E-state index contributed by atoms with van der Waals surface area (Å²) in [7, 11) is -3.58. The largest absolute Gasteiger partial charge is 0.256 e. The number of hydrogen-bond acceptors (Lipinski definition) is 3. The highest BCUT2D eigenvalue weighted by Gasteiger charge is 2.16. The molecular formula is C12H10N2O2S. The summed E-state index contributed by atoms with van der Waals surface area (Å²) in [5.41, 5.74) is 0.635. The Hall–Kier alpha value is -1.90. The van der Waals surface area contributed by atoms with E-state index in [9.17, 15) is 8.42 Å². The predicted molar refractivity (Wildman–Crippen MR) is 65.8 cm³/mol. The lowest BCUT2D eigenvalue weighted by Gasteiger charge is -2.06. The van der Waals surface area contributed by atoms with E-state index in [0.717, 1.165) is 0 Å². The highest BCUT2D eigenvalue weighted by Crippen LogP contribution is 2.20. The van der Waals surface area contributed by atoms with Crippen molar-refractivity contribution in [3.05, 3.63) is 36.5 Å². The molecular weight excluding hydrogens is 236 g/mol. The van der Waals surface area contributed by atoms with Crippen LogP contribution in [0.1, 0.15) is 0 Å². The van der Waals surface area contributed by atoms with Crippen molar-refractivity contribution in [2.75, 3.05) is 6.54 Å². The molecule has 4 nitrogen and oxygen atoms in total. The van der Waals surface area contributed by atoms with Crippen LogP contribution in [0.2, 0.25) is 0 Å². The number of nitrogens with zero attached hydrogens (tertiary/aromatic N) is 1. The average Bonchev–Trinajstić information content (AvgIpc) is 2.36. The number of aromatic nitrogens is 1.